The van der Waals surface area contributed by atoms with Gasteiger partial charge in [0.2, 0.25) is 0 Å². The number of hydrogen-bond donors (Lipinski definition) is 1. The van der Waals surface area contributed by atoms with E-state index in [-0.39, 0.29) is 12.5 Å². The summed E-state index contributed by atoms with van der Waals surface area (Å²) < 4.78 is 38.5. The van der Waals surface area contributed by atoms with Crippen LogP contribution in [-0.2, 0) is 0 Å². The third-order valence-electron chi connectivity index (χ3n) is 3.84. The highest BCUT2D eigenvalue weighted by Crippen LogP contribution is 2.15. The van der Waals surface area contributed by atoms with E-state index in [1.165, 1.54) is 11.9 Å². The lowest BCUT2D eigenvalue weighted by molar-refractivity contribution is -0.143. The number of nitrogens with one attached hydrogen (secondary N) is 1. The van der Waals surface area contributed by atoms with E-state index in [4.69, 9.17) is 0 Å². The summed E-state index contributed by atoms with van der Waals surface area (Å²) in [5.74, 6) is -0.247. The van der Waals surface area contributed by atoms with Gasteiger partial charge in [0.1, 0.15) is 0 Å². The summed E-state index contributed by atoms with van der Waals surface area (Å²) in [7, 11) is 1.41. The van der Waals surface area contributed by atoms with Crippen molar-refractivity contribution < 1.29 is 18.0 Å². The SMILES string of the molecule is Cc1cc(C)n(-c2ccc(C(=O)NCCCN(C)CC(F)(F)F)cc2)n1. The quantitative estimate of drug-likeness (QED) is 0.764. The Kier molecular flexibility index (Phi) is 6.42. The maximum absolute atomic E-state index is 12.2. The molecule has 1 aromatic heterocycles. The van der Waals surface area contributed by atoms with Crippen LogP contribution in [0.1, 0.15) is 28.2 Å². The molecule has 0 bridgehead atoms. The second kappa shape index (κ2) is 8.35. The molecule has 0 atom stereocenters. The number of nitrogens with zero attached hydrogens (tertiary/aromatic N) is 3. The lowest BCUT2D eigenvalue weighted by Crippen LogP contribution is -2.33. The van der Waals surface area contributed by atoms with E-state index in [1.54, 1.807) is 16.8 Å². The fourth-order valence-corrected chi connectivity index (χ4v) is 2.68. The van der Waals surface area contributed by atoms with Crippen molar-refractivity contribution in [3.8, 4) is 5.69 Å². The fraction of sp³-hybridized carbons (Fsp3) is 0.444. The number of halogens is 3. The molecule has 0 radical (unpaired) electrons. The van der Waals surface area contributed by atoms with Crippen molar-refractivity contribution in [2.75, 3.05) is 26.7 Å². The van der Waals surface area contributed by atoms with Gasteiger partial charge in [-0.25, -0.2) is 4.68 Å². The van der Waals surface area contributed by atoms with Gasteiger partial charge in [-0.2, -0.15) is 18.3 Å². The highest BCUT2D eigenvalue weighted by molar-refractivity contribution is 5.94. The van der Waals surface area contributed by atoms with Gasteiger partial charge in [-0.3, -0.25) is 9.69 Å². The van der Waals surface area contributed by atoms with Crippen LogP contribution < -0.4 is 5.32 Å². The van der Waals surface area contributed by atoms with Crippen molar-refractivity contribution in [1.82, 2.24) is 20.0 Å². The molecule has 142 valence electrons. The first-order valence-corrected chi connectivity index (χ1v) is 8.33. The van der Waals surface area contributed by atoms with Crippen molar-refractivity contribution >= 4 is 5.91 Å². The maximum atomic E-state index is 12.2. The van der Waals surface area contributed by atoms with Gasteiger partial charge < -0.3 is 5.32 Å². The Morgan fingerprint density at radius 2 is 1.88 bits per heavy atom. The molecule has 0 aliphatic heterocycles. The van der Waals surface area contributed by atoms with Crippen molar-refractivity contribution in [1.29, 1.82) is 0 Å². The van der Waals surface area contributed by atoms with Crippen LogP contribution in [0, 0.1) is 13.8 Å². The van der Waals surface area contributed by atoms with Gasteiger partial charge in [-0.15, -0.1) is 0 Å². The number of carbonyl (C=O) groups is 1. The van der Waals surface area contributed by atoms with E-state index >= 15 is 0 Å². The van der Waals surface area contributed by atoms with E-state index < -0.39 is 12.7 Å². The Morgan fingerprint density at radius 3 is 2.42 bits per heavy atom. The van der Waals surface area contributed by atoms with E-state index in [0.29, 0.717) is 18.5 Å². The predicted molar refractivity (Wildman–Crippen MR) is 93.5 cm³/mol. The molecule has 8 heteroatoms. The zero-order valence-electron chi connectivity index (χ0n) is 15.1. The molecule has 0 fully saturated rings. The zero-order chi connectivity index (χ0) is 19.3. The third-order valence-corrected chi connectivity index (χ3v) is 3.84. The highest BCUT2D eigenvalue weighted by Gasteiger charge is 2.28. The van der Waals surface area contributed by atoms with Crippen molar-refractivity contribution in [3.63, 3.8) is 0 Å². The summed E-state index contributed by atoms with van der Waals surface area (Å²) >= 11 is 0. The summed E-state index contributed by atoms with van der Waals surface area (Å²) in [4.78, 5) is 13.3. The van der Waals surface area contributed by atoms with E-state index in [9.17, 15) is 18.0 Å². The molecular formula is C18H23F3N4O. The van der Waals surface area contributed by atoms with Crippen LogP contribution in [-0.4, -0.2) is 53.4 Å². The molecule has 5 nitrogen and oxygen atoms in total. The minimum atomic E-state index is -4.20. The lowest BCUT2D eigenvalue weighted by atomic mass is 10.2. The van der Waals surface area contributed by atoms with Gasteiger partial charge in [0.25, 0.3) is 5.91 Å². The number of alkyl halides is 3. The first-order valence-electron chi connectivity index (χ1n) is 8.33. The van der Waals surface area contributed by atoms with Gasteiger partial charge in [-0.1, -0.05) is 0 Å². The Balaban J connectivity index is 1.82. The fourth-order valence-electron chi connectivity index (χ4n) is 2.68. The summed E-state index contributed by atoms with van der Waals surface area (Å²) in [5, 5.41) is 7.11. The molecule has 0 saturated carbocycles. The molecule has 0 aliphatic carbocycles. The Hall–Kier alpha value is -2.35. The molecule has 0 saturated heterocycles. The summed E-state index contributed by atoms with van der Waals surface area (Å²) in [5.41, 5.74) is 3.28. The molecule has 1 aromatic carbocycles. The largest absolute Gasteiger partial charge is 0.401 e. The van der Waals surface area contributed by atoms with Crippen LogP contribution in [0.3, 0.4) is 0 Å². The molecule has 26 heavy (non-hydrogen) atoms. The third kappa shape index (κ3) is 5.87. The number of rotatable bonds is 7. The average Bonchev–Trinajstić information content (AvgIpc) is 2.88. The molecular weight excluding hydrogens is 345 g/mol. The van der Waals surface area contributed by atoms with E-state index in [2.05, 4.69) is 10.4 Å². The average molecular weight is 368 g/mol. The highest BCUT2D eigenvalue weighted by atomic mass is 19.4. The van der Waals surface area contributed by atoms with E-state index in [1.807, 2.05) is 32.0 Å². The van der Waals surface area contributed by atoms with Gasteiger partial charge in [-0.05, 0) is 64.2 Å². The Labute approximate surface area is 150 Å². The number of benzene rings is 1. The molecule has 1 amide bonds. The number of aryl methyl sites for hydroxylation is 2. The second-order valence-corrected chi connectivity index (χ2v) is 6.35. The van der Waals surface area contributed by atoms with Crippen LogP contribution in [0.15, 0.2) is 30.3 Å². The Bertz CT molecular complexity index is 738. The maximum Gasteiger partial charge on any atom is 0.401 e. The van der Waals surface area contributed by atoms with Crippen molar-refractivity contribution in [3.05, 3.63) is 47.3 Å². The standard InChI is InChI=1S/C18H23F3N4O/c1-13-11-14(2)25(23-13)16-7-5-15(6-8-16)17(26)22-9-4-10-24(3)12-18(19,20)21/h5-8,11H,4,9-10,12H2,1-3H3,(H,22,26). The van der Waals surface area contributed by atoms with Crippen molar-refractivity contribution in [2.24, 2.45) is 0 Å². The molecule has 1 N–H and O–H groups in total. The molecule has 1 heterocycles. The summed E-state index contributed by atoms with van der Waals surface area (Å²) in [6.07, 6.45) is -3.76. The van der Waals surface area contributed by atoms with Crippen molar-refractivity contribution in [2.45, 2.75) is 26.4 Å². The zero-order valence-corrected chi connectivity index (χ0v) is 15.1. The van der Waals surface area contributed by atoms with Crippen LogP contribution in [0.25, 0.3) is 5.69 Å². The minimum absolute atomic E-state index is 0.247. The lowest BCUT2D eigenvalue weighted by Gasteiger charge is -2.18. The molecule has 2 aromatic rings. The smallest absolute Gasteiger partial charge is 0.352 e. The van der Waals surface area contributed by atoms with Gasteiger partial charge in [0.15, 0.2) is 0 Å². The molecule has 0 unspecified atom stereocenters. The van der Waals surface area contributed by atoms with Crippen LogP contribution >= 0.6 is 0 Å². The Morgan fingerprint density at radius 1 is 1.23 bits per heavy atom. The molecule has 0 aliphatic rings. The van der Waals surface area contributed by atoms with Crippen LogP contribution in [0.5, 0.6) is 0 Å². The number of hydrogen-bond acceptors (Lipinski definition) is 3. The monoisotopic (exact) mass is 368 g/mol. The number of carbonyl (C=O) groups excluding carboxylic acids is 1. The first kappa shape index (κ1) is 20.0. The van der Waals surface area contributed by atoms with Gasteiger partial charge >= 0.3 is 6.18 Å². The van der Waals surface area contributed by atoms with Gasteiger partial charge in [0, 0.05) is 17.8 Å². The minimum Gasteiger partial charge on any atom is -0.352 e. The molecule has 0 spiro atoms. The van der Waals surface area contributed by atoms with E-state index in [0.717, 1.165) is 17.1 Å². The first-order chi connectivity index (χ1) is 12.2. The van der Waals surface area contributed by atoms with Crippen LogP contribution in [0.4, 0.5) is 13.2 Å². The second-order valence-electron chi connectivity index (χ2n) is 6.35. The normalized spacial score (nSPS) is 11.8. The summed E-state index contributed by atoms with van der Waals surface area (Å²) in [6.45, 7) is 3.50. The number of amides is 1. The predicted octanol–water partition coefficient (Wildman–Crippen LogP) is 3.10. The molecule has 2 rings (SSSR count). The van der Waals surface area contributed by atoms with Crippen LogP contribution in [0.2, 0.25) is 0 Å². The number of aromatic nitrogens is 2. The van der Waals surface area contributed by atoms with Gasteiger partial charge in [0.05, 0.1) is 17.9 Å². The summed E-state index contributed by atoms with van der Waals surface area (Å²) in [6, 6.07) is 9.00. The topological polar surface area (TPSA) is 50.2 Å².